The van der Waals surface area contributed by atoms with Gasteiger partial charge in [-0.2, -0.15) is 0 Å². The predicted octanol–water partition coefficient (Wildman–Crippen LogP) is 6.10. The van der Waals surface area contributed by atoms with E-state index in [1.165, 1.54) is 0 Å². The number of fused-ring (bicyclic) bond motifs is 1. The van der Waals surface area contributed by atoms with Crippen LogP contribution in [0.1, 0.15) is 25.3 Å². The molecule has 1 saturated carbocycles. The van der Waals surface area contributed by atoms with Crippen LogP contribution >= 0.6 is 0 Å². The summed E-state index contributed by atoms with van der Waals surface area (Å²) in [5.74, 6) is 1.81. The highest BCUT2D eigenvalue weighted by atomic mass is 16.5. The van der Waals surface area contributed by atoms with Gasteiger partial charge in [0.15, 0.2) is 11.5 Å². The Morgan fingerprint density at radius 2 is 1.50 bits per heavy atom. The quantitative estimate of drug-likeness (QED) is 0.264. The normalized spacial score (nSPS) is 13.4. The van der Waals surface area contributed by atoms with Gasteiger partial charge in [-0.25, -0.2) is 0 Å². The van der Waals surface area contributed by atoms with Crippen molar-refractivity contribution in [2.24, 2.45) is 5.41 Å². The molecule has 1 fully saturated rings. The number of methoxy groups -OCH3 is 1. The summed E-state index contributed by atoms with van der Waals surface area (Å²) < 4.78 is 17.3. The summed E-state index contributed by atoms with van der Waals surface area (Å²) in [6, 6.07) is 20.0. The van der Waals surface area contributed by atoms with Gasteiger partial charge in [0.2, 0.25) is 11.8 Å². The molecular weight excluding hydrogens is 482 g/mol. The van der Waals surface area contributed by atoms with Gasteiger partial charge in [-0.05, 0) is 75.2 Å². The largest absolute Gasteiger partial charge is 0.493 e. The molecular formula is C30H29N3O5. The van der Waals surface area contributed by atoms with Crippen molar-refractivity contribution in [1.82, 2.24) is 4.98 Å². The van der Waals surface area contributed by atoms with E-state index in [1.54, 1.807) is 43.6 Å². The smallest absolute Gasteiger partial charge is 0.240 e. The Kier molecular flexibility index (Phi) is 6.87. The molecule has 2 amide bonds. The third kappa shape index (κ3) is 5.11. The van der Waals surface area contributed by atoms with E-state index in [1.807, 2.05) is 50.2 Å². The molecule has 1 aliphatic carbocycles. The van der Waals surface area contributed by atoms with Gasteiger partial charge < -0.3 is 24.8 Å². The van der Waals surface area contributed by atoms with Crippen molar-refractivity contribution in [3.8, 4) is 23.0 Å². The van der Waals surface area contributed by atoms with E-state index in [2.05, 4.69) is 15.6 Å². The zero-order valence-corrected chi connectivity index (χ0v) is 21.5. The van der Waals surface area contributed by atoms with Gasteiger partial charge in [-0.1, -0.05) is 17.7 Å². The van der Waals surface area contributed by atoms with Crippen LogP contribution in [0.4, 0.5) is 11.4 Å². The maximum Gasteiger partial charge on any atom is 0.240 e. The lowest BCUT2D eigenvalue weighted by molar-refractivity contribution is -0.131. The average molecular weight is 512 g/mol. The van der Waals surface area contributed by atoms with Crippen LogP contribution < -0.4 is 24.8 Å². The van der Waals surface area contributed by atoms with Crippen molar-refractivity contribution in [3.63, 3.8) is 0 Å². The lowest BCUT2D eigenvalue weighted by Crippen LogP contribution is -2.35. The maximum atomic E-state index is 13.0. The van der Waals surface area contributed by atoms with Crippen molar-refractivity contribution in [2.45, 2.75) is 26.7 Å². The summed E-state index contributed by atoms with van der Waals surface area (Å²) in [6.07, 6.45) is 2.70. The SMILES string of the molecule is CCOc1cc2c(Oc3ccc(NC(=O)C4(C(=O)Nc5ccc(C)cc5)CC4)cc3)ccnc2cc1OC. The number of hydrogen-bond donors (Lipinski definition) is 2. The molecule has 0 radical (unpaired) electrons. The number of carbonyl (C=O) groups excluding carboxylic acids is 2. The summed E-state index contributed by atoms with van der Waals surface area (Å²) in [5.41, 5.74) is 2.03. The number of aromatic nitrogens is 1. The molecule has 8 heteroatoms. The van der Waals surface area contributed by atoms with Gasteiger partial charge in [0.1, 0.15) is 16.9 Å². The number of carbonyl (C=O) groups is 2. The Morgan fingerprint density at radius 3 is 2.08 bits per heavy atom. The molecule has 0 atom stereocenters. The molecule has 1 heterocycles. The van der Waals surface area contributed by atoms with Gasteiger partial charge in [0.05, 0.1) is 19.2 Å². The molecule has 1 aromatic heterocycles. The summed E-state index contributed by atoms with van der Waals surface area (Å²) in [5, 5.41) is 6.53. The lowest BCUT2D eigenvalue weighted by Gasteiger charge is -2.16. The third-order valence-corrected chi connectivity index (χ3v) is 6.56. The number of pyridine rings is 1. The zero-order chi connectivity index (χ0) is 26.7. The first kappa shape index (κ1) is 25.1. The second kappa shape index (κ2) is 10.4. The summed E-state index contributed by atoms with van der Waals surface area (Å²) >= 11 is 0. The van der Waals surface area contributed by atoms with E-state index in [4.69, 9.17) is 14.2 Å². The van der Waals surface area contributed by atoms with Gasteiger partial charge in [0.25, 0.3) is 0 Å². The van der Waals surface area contributed by atoms with Gasteiger partial charge in [0, 0.05) is 29.0 Å². The topological polar surface area (TPSA) is 98.8 Å². The molecule has 0 bridgehead atoms. The van der Waals surface area contributed by atoms with Gasteiger partial charge in [-0.3, -0.25) is 14.6 Å². The Morgan fingerprint density at radius 1 is 0.868 bits per heavy atom. The number of amides is 2. The summed E-state index contributed by atoms with van der Waals surface area (Å²) in [7, 11) is 1.59. The molecule has 5 rings (SSSR count). The first-order valence-electron chi connectivity index (χ1n) is 12.5. The maximum absolute atomic E-state index is 13.0. The van der Waals surface area contributed by atoms with Crippen LogP contribution in [0.25, 0.3) is 10.9 Å². The number of hydrogen-bond acceptors (Lipinski definition) is 6. The number of benzene rings is 3. The van der Waals surface area contributed by atoms with E-state index in [9.17, 15) is 9.59 Å². The molecule has 8 nitrogen and oxygen atoms in total. The van der Waals surface area contributed by atoms with Crippen LogP contribution in [0.2, 0.25) is 0 Å². The van der Waals surface area contributed by atoms with Crippen molar-refractivity contribution in [3.05, 3.63) is 78.5 Å². The minimum Gasteiger partial charge on any atom is -0.493 e. The van der Waals surface area contributed by atoms with E-state index < -0.39 is 5.41 Å². The molecule has 3 aromatic carbocycles. The van der Waals surface area contributed by atoms with Crippen molar-refractivity contribution in [1.29, 1.82) is 0 Å². The number of ether oxygens (including phenoxy) is 3. The van der Waals surface area contributed by atoms with Crippen molar-refractivity contribution in [2.75, 3.05) is 24.4 Å². The van der Waals surface area contributed by atoms with E-state index in [-0.39, 0.29) is 11.8 Å². The zero-order valence-electron chi connectivity index (χ0n) is 21.5. The Bertz CT molecular complexity index is 1480. The number of anilines is 2. The molecule has 0 saturated heterocycles. The minimum absolute atomic E-state index is 0.286. The van der Waals surface area contributed by atoms with Crippen LogP contribution in [0.3, 0.4) is 0 Å². The second-order valence-corrected chi connectivity index (χ2v) is 9.25. The van der Waals surface area contributed by atoms with Gasteiger partial charge in [-0.15, -0.1) is 0 Å². The Labute approximate surface area is 220 Å². The van der Waals surface area contributed by atoms with Crippen molar-refractivity contribution >= 4 is 34.1 Å². The molecule has 1 aliphatic rings. The van der Waals surface area contributed by atoms with Crippen LogP contribution in [0, 0.1) is 12.3 Å². The first-order chi connectivity index (χ1) is 18.4. The highest BCUT2D eigenvalue weighted by Gasteiger charge is 2.56. The molecule has 0 spiro atoms. The number of nitrogens with zero attached hydrogens (tertiary/aromatic N) is 1. The molecule has 194 valence electrons. The molecule has 38 heavy (non-hydrogen) atoms. The number of rotatable bonds is 9. The highest BCUT2D eigenvalue weighted by molar-refractivity contribution is 6.16. The fraction of sp³-hybridized carbons (Fsp3) is 0.233. The fourth-order valence-electron chi connectivity index (χ4n) is 4.20. The summed E-state index contributed by atoms with van der Waals surface area (Å²) in [4.78, 5) is 30.3. The van der Waals surface area contributed by atoms with E-state index in [0.717, 1.165) is 10.9 Å². The molecule has 0 aliphatic heterocycles. The van der Waals surface area contributed by atoms with Crippen LogP contribution in [-0.4, -0.2) is 30.5 Å². The van der Waals surface area contributed by atoms with Crippen molar-refractivity contribution < 1.29 is 23.8 Å². The first-order valence-corrected chi connectivity index (χ1v) is 12.5. The van der Waals surface area contributed by atoms with Crippen LogP contribution in [0.15, 0.2) is 72.9 Å². The summed E-state index contributed by atoms with van der Waals surface area (Å²) in [6.45, 7) is 4.39. The number of aryl methyl sites for hydroxylation is 1. The molecule has 0 unspecified atom stereocenters. The van der Waals surface area contributed by atoms with E-state index >= 15 is 0 Å². The Hall–Kier alpha value is -4.59. The number of nitrogens with one attached hydrogen (secondary N) is 2. The van der Waals surface area contributed by atoms with Gasteiger partial charge >= 0.3 is 0 Å². The standard InChI is InChI=1S/C30H29N3O5/c1-4-37-27-17-23-24(18-26(27)36-3)31-16-13-25(23)38-22-11-9-21(10-12-22)33-29(35)30(14-15-30)28(34)32-20-7-5-19(2)6-8-20/h5-13,16-18H,4,14-15H2,1-3H3,(H,32,34)(H,33,35). The second-order valence-electron chi connectivity index (χ2n) is 9.25. The monoisotopic (exact) mass is 511 g/mol. The third-order valence-electron chi connectivity index (χ3n) is 6.56. The van der Waals surface area contributed by atoms with Crippen LogP contribution in [-0.2, 0) is 9.59 Å². The predicted molar refractivity (Wildman–Crippen MR) is 146 cm³/mol. The average Bonchev–Trinajstić information content (AvgIpc) is 3.74. The minimum atomic E-state index is -1.05. The fourth-order valence-corrected chi connectivity index (χ4v) is 4.20. The molecule has 4 aromatic rings. The lowest BCUT2D eigenvalue weighted by atomic mass is 10.0. The molecule has 2 N–H and O–H groups in total. The Balaban J connectivity index is 1.27. The van der Waals surface area contributed by atoms with E-state index in [0.29, 0.717) is 59.3 Å². The van der Waals surface area contributed by atoms with Crippen LogP contribution in [0.5, 0.6) is 23.0 Å². The highest BCUT2D eigenvalue weighted by Crippen LogP contribution is 2.47.